The van der Waals surface area contributed by atoms with Gasteiger partial charge in [-0.15, -0.1) is 5.10 Å². The van der Waals surface area contributed by atoms with E-state index < -0.39 is 0 Å². The van der Waals surface area contributed by atoms with Crippen LogP contribution in [0.25, 0.3) is 0 Å². The summed E-state index contributed by atoms with van der Waals surface area (Å²) in [6.07, 6.45) is 2.67. The Morgan fingerprint density at radius 3 is 2.92 bits per heavy atom. The zero-order valence-electron chi connectivity index (χ0n) is 8.08. The van der Waals surface area contributed by atoms with Gasteiger partial charge in [-0.2, -0.15) is 0 Å². The van der Waals surface area contributed by atoms with Gasteiger partial charge in [-0.25, -0.2) is 0 Å². The molecule has 1 fully saturated rings. The predicted octanol–water partition coefficient (Wildman–Crippen LogP) is 1.91. The molecule has 72 valence electrons. The van der Waals surface area contributed by atoms with E-state index in [2.05, 4.69) is 28.8 Å². The minimum atomic E-state index is 0.495. The third-order valence-electron chi connectivity index (χ3n) is 2.26. The molecule has 13 heavy (non-hydrogen) atoms. The van der Waals surface area contributed by atoms with Crippen molar-refractivity contribution in [2.45, 2.75) is 45.2 Å². The van der Waals surface area contributed by atoms with E-state index in [1.54, 1.807) is 0 Å². The van der Waals surface area contributed by atoms with Gasteiger partial charge in [0.15, 0.2) is 0 Å². The maximum Gasteiger partial charge on any atom is 0.0826 e. The van der Waals surface area contributed by atoms with E-state index in [1.807, 2.05) is 0 Å². The monoisotopic (exact) mass is 197 g/mol. The summed E-state index contributed by atoms with van der Waals surface area (Å²) in [5.41, 5.74) is 1.16. The Hall–Kier alpha value is -0.480. The molecule has 3 nitrogen and oxygen atoms in total. The van der Waals surface area contributed by atoms with Gasteiger partial charge in [-0.1, -0.05) is 18.3 Å². The molecule has 0 atom stereocenters. The molecule has 0 bridgehead atoms. The third kappa shape index (κ3) is 2.25. The third-order valence-corrected chi connectivity index (χ3v) is 3.00. The second-order valence-electron chi connectivity index (χ2n) is 3.89. The smallest absolute Gasteiger partial charge is 0.0826 e. The molecule has 0 aliphatic heterocycles. The van der Waals surface area contributed by atoms with Crippen molar-refractivity contribution in [3.8, 4) is 0 Å². The van der Waals surface area contributed by atoms with Gasteiger partial charge in [0.25, 0.3) is 0 Å². The van der Waals surface area contributed by atoms with Crippen LogP contribution in [-0.2, 0) is 6.54 Å². The first kappa shape index (κ1) is 9.09. The first-order valence-electron chi connectivity index (χ1n) is 4.82. The Morgan fingerprint density at radius 2 is 2.31 bits per heavy atom. The molecule has 0 saturated heterocycles. The number of nitrogens with zero attached hydrogens (tertiary/aromatic N) is 2. The van der Waals surface area contributed by atoms with E-state index in [-0.39, 0.29) is 0 Å². The van der Waals surface area contributed by atoms with Crippen molar-refractivity contribution in [3.05, 3.63) is 10.6 Å². The summed E-state index contributed by atoms with van der Waals surface area (Å²) in [6.45, 7) is 5.28. The van der Waals surface area contributed by atoms with E-state index in [0.29, 0.717) is 5.92 Å². The molecular weight excluding hydrogens is 182 g/mol. The van der Waals surface area contributed by atoms with Crippen LogP contribution in [0.5, 0.6) is 0 Å². The van der Waals surface area contributed by atoms with Crippen molar-refractivity contribution in [2.75, 3.05) is 0 Å². The van der Waals surface area contributed by atoms with Crippen LogP contribution in [-0.4, -0.2) is 15.6 Å². The van der Waals surface area contributed by atoms with E-state index >= 15 is 0 Å². The quantitative estimate of drug-likeness (QED) is 0.801. The fourth-order valence-corrected chi connectivity index (χ4v) is 2.05. The van der Waals surface area contributed by atoms with E-state index in [4.69, 9.17) is 0 Å². The van der Waals surface area contributed by atoms with Gasteiger partial charge in [0.2, 0.25) is 0 Å². The van der Waals surface area contributed by atoms with Crippen molar-refractivity contribution in [1.29, 1.82) is 0 Å². The second-order valence-corrected chi connectivity index (χ2v) is 4.73. The zero-order chi connectivity index (χ0) is 9.26. The van der Waals surface area contributed by atoms with Gasteiger partial charge in [-0.05, 0) is 30.3 Å². The average Bonchev–Trinajstić information content (AvgIpc) is 2.79. The SMILES string of the molecule is CC(C)c1nnsc1CNC1CC1. The lowest BCUT2D eigenvalue weighted by Gasteiger charge is -2.04. The first-order valence-corrected chi connectivity index (χ1v) is 5.59. The summed E-state index contributed by atoms with van der Waals surface area (Å²) in [5.74, 6) is 0.495. The molecular formula is C9H15N3S. The maximum atomic E-state index is 4.14. The molecule has 0 radical (unpaired) electrons. The van der Waals surface area contributed by atoms with Gasteiger partial charge in [0, 0.05) is 12.6 Å². The number of nitrogens with one attached hydrogen (secondary N) is 1. The molecule has 1 heterocycles. The summed E-state index contributed by atoms with van der Waals surface area (Å²) in [7, 11) is 0. The Labute approximate surface area is 82.7 Å². The van der Waals surface area contributed by atoms with Crippen molar-refractivity contribution in [2.24, 2.45) is 0 Å². The molecule has 0 aromatic carbocycles. The second kappa shape index (κ2) is 3.72. The Morgan fingerprint density at radius 1 is 1.54 bits per heavy atom. The topological polar surface area (TPSA) is 37.8 Å². The molecule has 1 aliphatic rings. The minimum Gasteiger partial charge on any atom is -0.309 e. The largest absolute Gasteiger partial charge is 0.309 e. The van der Waals surface area contributed by atoms with Crippen LogP contribution in [0.1, 0.15) is 43.2 Å². The lowest BCUT2D eigenvalue weighted by molar-refractivity contribution is 0.679. The van der Waals surface area contributed by atoms with Gasteiger partial charge in [0.05, 0.1) is 10.6 Å². The molecule has 1 N–H and O–H groups in total. The van der Waals surface area contributed by atoms with Gasteiger partial charge in [0.1, 0.15) is 0 Å². The Kier molecular flexibility index (Phi) is 2.60. The van der Waals surface area contributed by atoms with Crippen LogP contribution in [0.2, 0.25) is 0 Å². The van der Waals surface area contributed by atoms with Crippen molar-refractivity contribution in [1.82, 2.24) is 14.9 Å². The summed E-state index contributed by atoms with van der Waals surface area (Å²) >= 11 is 1.52. The molecule has 4 heteroatoms. The Balaban J connectivity index is 1.96. The van der Waals surface area contributed by atoms with Crippen LogP contribution in [0.3, 0.4) is 0 Å². The van der Waals surface area contributed by atoms with E-state index in [1.165, 1.54) is 29.3 Å². The highest BCUT2D eigenvalue weighted by Crippen LogP contribution is 2.23. The van der Waals surface area contributed by atoms with Crippen LogP contribution in [0.4, 0.5) is 0 Å². The van der Waals surface area contributed by atoms with Crippen molar-refractivity contribution >= 4 is 11.5 Å². The van der Waals surface area contributed by atoms with Crippen molar-refractivity contribution < 1.29 is 0 Å². The highest BCUT2D eigenvalue weighted by molar-refractivity contribution is 7.05. The minimum absolute atomic E-state index is 0.495. The number of rotatable bonds is 4. The molecule has 1 aromatic heterocycles. The van der Waals surface area contributed by atoms with Crippen molar-refractivity contribution in [3.63, 3.8) is 0 Å². The standard InChI is InChI=1S/C9H15N3S/c1-6(2)9-8(13-12-11-9)5-10-7-3-4-7/h6-7,10H,3-5H2,1-2H3. The number of aromatic nitrogens is 2. The molecule has 1 aromatic rings. The predicted molar refractivity (Wildman–Crippen MR) is 53.9 cm³/mol. The Bertz CT molecular complexity index is 278. The molecule has 2 rings (SSSR count). The highest BCUT2D eigenvalue weighted by atomic mass is 32.1. The first-order chi connectivity index (χ1) is 6.27. The highest BCUT2D eigenvalue weighted by Gasteiger charge is 2.21. The molecule has 0 spiro atoms. The molecule has 0 unspecified atom stereocenters. The van der Waals surface area contributed by atoms with Crippen LogP contribution in [0.15, 0.2) is 0 Å². The summed E-state index contributed by atoms with van der Waals surface area (Å²) in [5, 5.41) is 7.63. The van der Waals surface area contributed by atoms with Gasteiger partial charge >= 0.3 is 0 Å². The van der Waals surface area contributed by atoms with E-state index in [0.717, 1.165) is 18.3 Å². The van der Waals surface area contributed by atoms with Crippen LogP contribution < -0.4 is 5.32 Å². The van der Waals surface area contributed by atoms with Crippen LogP contribution in [0, 0.1) is 0 Å². The average molecular weight is 197 g/mol. The maximum absolute atomic E-state index is 4.14. The number of hydrogen-bond acceptors (Lipinski definition) is 4. The summed E-state index contributed by atoms with van der Waals surface area (Å²) in [6, 6.07) is 0.766. The fourth-order valence-electron chi connectivity index (χ4n) is 1.30. The van der Waals surface area contributed by atoms with Gasteiger partial charge in [-0.3, -0.25) is 0 Å². The lowest BCUT2D eigenvalue weighted by Crippen LogP contribution is -2.15. The lowest BCUT2D eigenvalue weighted by atomic mass is 10.1. The zero-order valence-corrected chi connectivity index (χ0v) is 8.90. The molecule has 1 saturated carbocycles. The summed E-state index contributed by atoms with van der Waals surface area (Å²) < 4.78 is 3.99. The fraction of sp³-hybridized carbons (Fsp3) is 0.778. The van der Waals surface area contributed by atoms with Crippen LogP contribution >= 0.6 is 11.5 Å². The molecule has 0 amide bonds. The van der Waals surface area contributed by atoms with E-state index in [9.17, 15) is 0 Å². The normalized spacial score (nSPS) is 16.8. The van der Waals surface area contributed by atoms with Gasteiger partial charge < -0.3 is 5.32 Å². The molecule has 1 aliphatic carbocycles. The number of hydrogen-bond donors (Lipinski definition) is 1. The summed E-state index contributed by atoms with van der Waals surface area (Å²) in [4.78, 5) is 1.31.